The average Bonchev–Trinajstić information content (AvgIpc) is 2.97. The maximum atomic E-state index is 13.1. The van der Waals surface area contributed by atoms with Crippen molar-refractivity contribution in [1.29, 1.82) is 0 Å². The topological polar surface area (TPSA) is 101 Å². The number of rotatable bonds is 12. The summed E-state index contributed by atoms with van der Waals surface area (Å²) < 4.78 is 16.1. The lowest BCUT2D eigenvalue weighted by Gasteiger charge is -2.21. The molecule has 2 amide bonds. The van der Waals surface area contributed by atoms with Gasteiger partial charge in [0.1, 0.15) is 5.70 Å². The van der Waals surface area contributed by atoms with Crippen molar-refractivity contribution in [1.82, 2.24) is 10.7 Å². The molecule has 0 heterocycles. The fourth-order valence-electron chi connectivity index (χ4n) is 3.88. The van der Waals surface area contributed by atoms with Crippen LogP contribution in [0.1, 0.15) is 35.3 Å². The summed E-state index contributed by atoms with van der Waals surface area (Å²) in [7, 11) is 4.55. The Hall–Kier alpha value is -4.79. The zero-order valence-electron chi connectivity index (χ0n) is 22.9. The molecule has 0 aliphatic heterocycles. The van der Waals surface area contributed by atoms with Gasteiger partial charge in [-0.1, -0.05) is 30.3 Å². The standard InChI is InChI=1S/C30H34N4O5/c1-6-34(7-2)24-15-13-21(14-16-24)17-25(32-29(35)23-11-9-8-10-12-23)30(36)33-31-20-22-18-26(37-3)28(39-5)27(19-22)38-4/h8-20H,6-7H2,1-5H3,(H,32,35)(H,33,36)/b25-17-,31-20?. The summed E-state index contributed by atoms with van der Waals surface area (Å²) in [5.74, 6) is 0.352. The molecule has 0 unspecified atom stereocenters. The Morgan fingerprint density at radius 1 is 0.846 bits per heavy atom. The molecule has 0 aliphatic rings. The second kappa shape index (κ2) is 14.2. The number of anilines is 1. The number of amides is 2. The summed E-state index contributed by atoms with van der Waals surface area (Å²) in [6.07, 6.45) is 3.05. The molecule has 204 valence electrons. The molecule has 0 atom stereocenters. The van der Waals surface area contributed by atoms with E-state index in [0.29, 0.717) is 28.4 Å². The zero-order valence-corrected chi connectivity index (χ0v) is 22.9. The minimum Gasteiger partial charge on any atom is -0.493 e. The van der Waals surface area contributed by atoms with Gasteiger partial charge in [-0.15, -0.1) is 0 Å². The smallest absolute Gasteiger partial charge is 0.287 e. The normalized spacial score (nSPS) is 11.2. The van der Waals surface area contributed by atoms with Crippen molar-refractivity contribution in [3.05, 3.63) is 89.1 Å². The number of nitrogens with one attached hydrogen (secondary N) is 2. The molecular formula is C30H34N4O5. The van der Waals surface area contributed by atoms with E-state index in [1.165, 1.54) is 27.5 Å². The van der Waals surface area contributed by atoms with E-state index in [0.717, 1.165) is 24.3 Å². The van der Waals surface area contributed by atoms with Crippen LogP contribution in [0.4, 0.5) is 5.69 Å². The fourth-order valence-corrected chi connectivity index (χ4v) is 3.88. The van der Waals surface area contributed by atoms with Crippen LogP contribution in [0, 0.1) is 0 Å². The van der Waals surface area contributed by atoms with Crippen LogP contribution in [0.15, 0.2) is 77.5 Å². The van der Waals surface area contributed by atoms with Gasteiger partial charge in [0, 0.05) is 29.9 Å². The minimum atomic E-state index is -0.587. The number of carbonyl (C=O) groups excluding carboxylic acids is 2. The van der Waals surface area contributed by atoms with E-state index in [1.807, 2.05) is 30.3 Å². The summed E-state index contributed by atoms with van der Waals surface area (Å²) in [6, 6.07) is 19.8. The highest BCUT2D eigenvalue weighted by Gasteiger charge is 2.15. The summed E-state index contributed by atoms with van der Waals surface area (Å²) in [4.78, 5) is 28.2. The highest BCUT2D eigenvalue weighted by atomic mass is 16.5. The van der Waals surface area contributed by atoms with Gasteiger partial charge in [0.25, 0.3) is 11.8 Å². The van der Waals surface area contributed by atoms with Crippen LogP contribution in [0.2, 0.25) is 0 Å². The lowest BCUT2D eigenvalue weighted by atomic mass is 10.1. The van der Waals surface area contributed by atoms with Crippen molar-refractivity contribution in [3.63, 3.8) is 0 Å². The largest absolute Gasteiger partial charge is 0.493 e. The van der Waals surface area contributed by atoms with Crippen LogP contribution in [-0.2, 0) is 4.79 Å². The minimum absolute atomic E-state index is 0.0430. The molecule has 0 spiro atoms. The van der Waals surface area contributed by atoms with Crippen molar-refractivity contribution < 1.29 is 23.8 Å². The van der Waals surface area contributed by atoms with Crippen LogP contribution >= 0.6 is 0 Å². The van der Waals surface area contributed by atoms with Crippen LogP contribution in [0.25, 0.3) is 6.08 Å². The number of methoxy groups -OCH3 is 3. The third kappa shape index (κ3) is 7.61. The van der Waals surface area contributed by atoms with E-state index in [2.05, 4.69) is 34.6 Å². The Kier molecular flexibility index (Phi) is 10.5. The van der Waals surface area contributed by atoms with E-state index < -0.39 is 11.8 Å². The van der Waals surface area contributed by atoms with Crippen molar-refractivity contribution in [3.8, 4) is 17.2 Å². The molecule has 3 rings (SSSR count). The number of benzene rings is 3. The first-order valence-corrected chi connectivity index (χ1v) is 12.5. The molecular weight excluding hydrogens is 496 g/mol. The molecule has 0 fully saturated rings. The van der Waals surface area contributed by atoms with Gasteiger partial charge in [-0.3, -0.25) is 9.59 Å². The second-order valence-electron chi connectivity index (χ2n) is 8.30. The number of nitrogens with zero attached hydrogens (tertiary/aromatic N) is 2. The van der Waals surface area contributed by atoms with Gasteiger partial charge < -0.3 is 24.4 Å². The second-order valence-corrected chi connectivity index (χ2v) is 8.30. The lowest BCUT2D eigenvalue weighted by Crippen LogP contribution is -2.32. The third-order valence-electron chi connectivity index (χ3n) is 5.93. The van der Waals surface area contributed by atoms with E-state index in [-0.39, 0.29) is 5.70 Å². The highest BCUT2D eigenvalue weighted by Crippen LogP contribution is 2.37. The molecule has 0 aromatic heterocycles. The fraction of sp³-hybridized carbons (Fsp3) is 0.233. The van der Waals surface area contributed by atoms with Crippen molar-refractivity contribution in [2.75, 3.05) is 39.3 Å². The molecule has 0 aliphatic carbocycles. The number of carbonyl (C=O) groups is 2. The van der Waals surface area contributed by atoms with Crippen LogP contribution in [0.5, 0.6) is 17.2 Å². The first-order valence-electron chi connectivity index (χ1n) is 12.5. The zero-order chi connectivity index (χ0) is 28.2. The van der Waals surface area contributed by atoms with Crippen LogP contribution in [0.3, 0.4) is 0 Å². The molecule has 0 saturated carbocycles. The van der Waals surface area contributed by atoms with Gasteiger partial charge in [-0.05, 0) is 61.9 Å². The predicted octanol–water partition coefficient (Wildman–Crippen LogP) is 4.48. The number of hydrogen-bond donors (Lipinski definition) is 2. The van der Waals surface area contributed by atoms with Crippen LogP contribution in [-0.4, -0.2) is 52.4 Å². The SMILES string of the molecule is CCN(CC)c1ccc(/C=C(\NC(=O)c2ccccc2)C(=O)NN=Cc2cc(OC)c(OC)c(OC)c2)cc1. The van der Waals surface area contributed by atoms with E-state index in [9.17, 15) is 9.59 Å². The summed E-state index contributed by atoms with van der Waals surface area (Å²) >= 11 is 0. The molecule has 0 radical (unpaired) electrons. The molecule has 39 heavy (non-hydrogen) atoms. The quantitative estimate of drug-likeness (QED) is 0.203. The van der Waals surface area contributed by atoms with Gasteiger partial charge in [0.15, 0.2) is 11.5 Å². The first kappa shape index (κ1) is 28.8. The average molecular weight is 531 g/mol. The van der Waals surface area contributed by atoms with Crippen molar-refractivity contribution in [2.45, 2.75) is 13.8 Å². The summed E-state index contributed by atoms with van der Waals surface area (Å²) in [5.41, 5.74) is 5.38. The monoisotopic (exact) mass is 530 g/mol. The van der Waals surface area contributed by atoms with E-state index in [1.54, 1.807) is 42.5 Å². The Balaban J connectivity index is 1.86. The molecule has 0 bridgehead atoms. The maximum absolute atomic E-state index is 13.1. The molecule has 0 saturated heterocycles. The molecule has 3 aromatic carbocycles. The third-order valence-corrected chi connectivity index (χ3v) is 5.93. The van der Waals surface area contributed by atoms with Gasteiger partial charge in [0.2, 0.25) is 5.75 Å². The number of hydrazone groups is 1. The van der Waals surface area contributed by atoms with Crippen molar-refractivity contribution >= 4 is 29.8 Å². The Bertz CT molecular complexity index is 1290. The van der Waals surface area contributed by atoms with Gasteiger partial charge in [-0.25, -0.2) is 5.43 Å². The lowest BCUT2D eigenvalue weighted by molar-refractivity contribution is -0.117. The van der Waals surface area contributed by atoms with Gasteiger partial charge in [-0.2, -0.15) is 5.10 Å². The summed E-state index contributed by atoms with van der Waals surface area (Å²) in [5, 5.41) is 6.79. The summed E-state index contributed by atoms with van der Waals surface area (Å²) in [6.45, 7) is 5.96. The Labute approximate surface area is 229 Å². The number of hydrogen-bond acceptors (Lipinski definition) is 7. The molecule has 9 nitrogen and oxygen atoms in total. The van der Waals surface area contributed by atoms with E-state index >= 15 is 0 Å². The molecule has 9 heteroatoms. The predicted molar refractivity (Wildman–Crippen MR) is 154 cm³/mol. The number of ether oxygens (including phenoxy) is 3. The van der Waals surface area contributed by atoms with Crippen molar-refractivity contribution in [2.24, 2.45) is 5.10 Å². The van der Waals surface area contributed by atoms with E-state index in [4.69, 9.17) is 14.2 Å². The first-order chi connectivity index (χ1) is 18.9. The molecule has 2 N–H and O–H groups in total. The van der Waals surface area contributed by atoms with Gasteiger partial charge in [0.05, 0.1) is 27.5 Å². The Morgan fingerprint density at radius 3 is 2.00 bits per heavy atom. The Morgan fingerprint density at radius 2 is 1.46 bits per heavy atom. The maximum Gasteiger partial charge on any atom is 0.287 e. The van der Waals surface area contributed by atoms with Crippen LogP contribution < -0.4 is 29.9 Å². The molecule has 3 aromatic rings. The van der Waals surface area contributed by atoms with Gasteiger partial charge >= 0.3 is 0 Å². The highest BCUT2D eigenvalue weighted by molar-refractivity contribution is 6.05.